The van der Waals surface area contributed by atoms with Crippen molar-refractivity contribution >= 4 is 29.9 Å². The molecule has 1 aromatic heterocycles. The Balaban J connectivity index is 0.00000242. The van der Waals surface area contributed by atoms with Crippen LogP contribution in [0, 0.1) is 0 Å². The number of aliphatic imine (C=N–C) groups is 1. The summed E-state index contributed by atoms with van der Waals surface area (Å²) < 4.78 is 6.85. The van der Waals surface area contributed by atoms with Crippen molar-refractivity contribution in [2.45, 2.75) is 6.54 Å². The number of methoxy groups -OCH3 is 1. The molecule has 0 saturated heterocycles. The standard InChI is InChI=1S/C15H21N5O.HI/c1-16-15(17-8-9-21-2)18-10-13-11-19-20(12-13)14-6-4-3-5-7-14;/h3-7,11-12H,8-10H2,1-2H3,(H2,16,17,18);1H. The molecule has 2 N–H and O–H groups in total. The number of ether oxygens (including phenoxy) is 1. The summed E-state index contributed by atoms with van der Waals surface area (Å²) >= 11 is 0. The molecule has 0 atom stereocenters. The first-order chi connectivity index (χ1) is 10.3. The lowest BCUT2D eigenvalue weighted by molar-refractivity contribution is 0.203. The van der Waals surface area contributed by atoms with E-state index in [2.05, 4.69) is 20.7 Å². The molecule has 2 aromatic rings. The lowest BCUT2D eigenvalue weighted by Gasteiger charge is -2.10. The SMILES string of the molecule is CN=C(NCCOC)NCc1cnn(-c2ccccc2)c1.I. The fourth-order valence-corrected chi connectivity index (χ4v) is 1.85. The van der Waals surface area contributed by atoms with Gasteiger partial charge in [-0.2, -0.15) is 5.10 Å². The van der Waals surface area contributed by atoms with Gasteiger partial charge in [-0.3, -0.25) is 4.99 Å². The van der Waals surface area contributed by atoms with E-state index in [9.17, 15) is 0 Å². The van der Waals surface area contributed by atoms with Gasteiger partial charge >= 0.3 is 0 Å². The molecule has 0 aliphatic heterocycles. The quantitative estimate of drug-likeness (QED) is 0.327. The lowest BCUT2D eigenvalue weighted by atomic mass is 10.3. The number of nitrogens with one attached hydrogen (secondary N) is 2. The van der Waals surface area contributed by atoms with Crippen molar-refractivity contribution < 1.29 is 4.74 Å². The smallest absolute Gasteiger partial charge is 0.191 e. The average molecular weight is 415 g/mol. The molecule has 6 nitrogen and oxygen atoms in total. The van der Waals surface area contributed by atoms with Crippen LogP contribution in [0.2, 0.25) is 0 Å². The van der Waals surface area contributed by atoms with E-state index in [0.717, 1.165) is 23.8 Å². The molecule has 0 aliphatic rings. The summed E-state index contributed by atoms with van der Waals surface area (Å²) in [5, 5.41) is 10.8. The number of para-hydroxylation sites is 1. The Labute approximate surface area is 148 Å². The number of hydrogen-bond acceptors (Lipinski definition) is 3. The Bertz CT molecular complexity index is 570. The highest BCUT2D eigenvalue weighted by Gasteiger charge is 2.02. The number of guanidine groups is 1. The highest BCUT2D eigenvalue weighted by molar-refractivity contribution is 14.0. The van der Waals surface area contributed by atoms with Gasteiger partial charge in [0.15, 0.2) is 5.96 Å². The summed E-state index contributed by atoms with van der Waals surface area (Å²) in [6.45, 7) is 2.03. The average Bonchev–Trinajstić information content (AvgIpc) is 3.00. The number of halogens is 1. The summed E-state index contributed by atoms with van der Waals surface area (Å²) in [7, 11) is 3.42. The minimum Gasteiger partial charge on any atom is -0.383 e. The van der Waals surface area contributed by atoms with E-state index >= 15 is 0 Å². The van der Waals surface area contributed by atoms with Crippen molar-refractivity contribution in [3.8, 4) is 5.69 Å². The van der Waals surface area contributed by atoms with Crippen LogP contribution in [0.25, 0.3) is 5.69 Å². The van der Waals surface area contributed by atoms with Crippen molar-refractivity contribution in [2.75, 3.05) is 27.3 Å². The van der Waals surface area contributed by atoms with Gasteiger partial charge in [0.1, 0.15) is 0 Å². The third-order valence-corrected chi connectivity index (χ3v) is 2.94. The van der Waals surface area contributed by atoms with Gasteiger partial charge in [-0.25, -0.2) is 4.68 Å². The third-order valence-electron chi connectivity index (χ3n) is 2.94. The monoisotopic (exact) mass is 415 g/mol. The van der Waals surface area contributed by atoms with Crippen LogP contribution in [0.4, 0.5) is 0 Å². The number of hydrogen-bond donors (Lipinski definition) is 2. The Morgan fingerprint density at radius 2 is 2.05 bits per heavy atom. The second-order valence-corrected chi connectivity index (χ2v) is 4.47. The van der Waals surface area contributed by atoms with Crippen LogP contribution in [0.3, 0.4) is 0 Å². The van der Waals surface area contributed by atoms with Gasteiger partial charge in [-0.15, -0.1) is 24.0 Å². The molecule has 0 spiro atoms. The van der Waals surface area contributed by atoms with Crippen LogP contribution in [-0.2, 0) is 11.3 Å². The molecule has 2 rings (SSSR count). The first-order valence-corrected chi connectivity index (χ1v) is 6.86. The Morgan fingerprint density at radius 3 is 2.73 bits per heavy atom. The van der Waals surface area contributed by atoms with Crippen LogP contribution >= 0.6 is 24.0 Å². The van der Waals surface area contributed by atoms with Crippen molar-refractivity contribution in [2.24, 2.45) is 4.99 Å². The van der Waals surface area contributed by atoms with Crippen molar-refractivity contribution in [1.82, 2.24) is 20.4 Å². The van der Waals surface area contributed by atoms with Gasteiger partial charge in [0.2, 0.25) is 0 Å². The molecule has 0 radical (unpaired) electrons. The number of rotatable bonds is 6. The zero-order valence-corrected chi connectivity index (χ0v) is 15.2. The van der Waals surface area contributed by atoms with Gasteiger partial charge in [0.05, 0.1) is 18.5 Å². The first kappa shape index (κ1) is 18.4. The van der Waals surface area contributed by atoms with Crippen LogP contribution in [-0.4, -0.2) is 43.0 Å². The molecule has 0 unspecified atom stereocenters. The minimum atomic E-state index is 0. The maximum absolute atomic E-state index is 4.99. The molecule has 1 heterocycles. The zero-order valence-electron chi connectivity index (χ0n) is 12.8. The highest BCUT2D eigenvalue weighted by Crippen LogP contribution is 2.07. The van der Waals surface area contributed by atoms with E-state index < -0.39 is 0 Å². The third kappa shape index (κ3) is 5.64. The second kappa shape index (κ2) is 10.2. The van der Waals surface area contributed by atoms with E-state index in [0.29, 0.717) is 13.2 Å². The molecule has 1 aromatic carbocycles. The molecule has 22 heavy (non-hydrogen) atoms. The van der Waals surface area contributed by atoms with E-state index in [1.807, 2.05) is 47.4 Å². The summed E-state index contributed by atoms with van der Waals surface area (Å²) in [6.07, 6.45) is 3.85. The molecule has 0 bridgehead atoms. The predicted octanol–water partition coefficient (Wildman–Crippen LogP) is 1.80. The Kier molecular flexibility index (Phi) is 8.53. The summed E-state index contributed by atoms with van der Waals surface area (Å²) in [5.74, 6) is 0.750. The molecular formula is C15H22IN5O. The largest absolute Gasteiger partial charge is 0.383 e. The fourth-order valence-electron chi connectivity index (χ4n) is 1.85. The lowest BCUT2D eigenvalue weighted by Crippen LogP contribution is -2.38. The molecule has 0 aliphatic carbocycles. The van der Waals surface area contributed by atoms with E-state index in [4.69, 9.17) is 4.74 Å². The van der Waals surface area contributed by atoms with E-state index in [-0.39, 0.29) is 24.0 Å². The predicted molar refractivity (Wildman–Crippen MR) is 99.1 cm³/mol. The maximum atomic E-state index is 4.99. The van der Waals surface area contributed by atoms with Crippen LogP contribution in [0.15, 0.2) is 47.7 Å². The Morgan fingerprint density at radius 1 is 1.27 bits per heavy atom. The first-order valence-electron chi connectivity index (χ1n) is 6.86. The fraction of sp³-hybridized carbons (Fsp3) is 0.333. The van der Waals surface area contributed by atoms with E-state index in [1.54, 1.807) is 14.2 Å². The van der Waals surface area contributed by atoms with Crippen LogP contribution < -0.4 is 10.6 Å². The molecule has 0 saturated carbocycles. The van der Waals surface area contributed by atoms with Gasteiger partial charge in [0.25, 0.3) is 0 Å². The molecule has 7 heteroatoms. The van der Waals surface area contributed by atoms with Gasteiger partial charge in [-0.05, 0) is 12.1 Å². The maximum Gasteiger partial charge on any atom is 0.191 e. The van der Waals surface area contributed by atoms with Gasteiger partial charge < -0.3 is 15.4 Å². The highest BCUT2D eigenvalue weighted by atomic mass is 127. The molecular weight excluding hydrogens is 393 g/mol. The molecule has 120 valence electrons. The number of nitrogens with zero attached hydrogens (tertiary/aromatic N) is 3. The van der Waals surface area contributed by atoms with Crippen molar-refractivity contribution in [3.05, 3.63) is 48.3 Å². The number of benzene rings is 1. The summed E-state index contributed by atoms with van der Waals surface area (Å²) in [5.41, 5.74) is 2.14. The van der Waals surface area contributed by atoms with Crippen molar-refractivity contribution in [1.29, 1.82) is 0 Å². The molecule has 0 fully saturated rings. The van der Waals surface area contributed by atoms with Crippen molar-refractivity contribution in [3.63, 3.8) is 0 Å². The summed E-state index contributed by atoms with van der Waals surface area (Å²) in [6, 6.07) is 10.0. The summed E-state index contributed by atoms with van der Waals surface area (Å²) in [4.78, 5) is 4.15. The normalized spacial score (nSPS) is 10.9. The van der Waals surface area contributed by atoms with Gasteiger partial charge in [-0.1, -0.05) is 18.2 Å². The van der Waals surface area contributed by atoms with Crippen LogP contribution in [0.5, 0.6) is 0 Å². The van der Waals surface area contributed by atoms with Crippen LogP contribution in [0.1, 0.15) is 5.56 Å². The Hall–Kier alpha value is -1.61. The zero-order chi connectivity index (χ0) is 14.9. The topological polar surface area (TPSA) is 63.5 Å². The molecule has 0 amide bonds. The minimum absolute atomic E-state index is 0. The second-order valence-electron chi connectivity index (χ2n) is 4.47. The van der Waals surface area contributed by atoms with E-state index in [1.165, 1.54) is 0 Å². The van der Waals surface area contributed by atoms with Gasteiger partial charge in [0, 0.05) is 39.0 Å². The number of aromatic nitrogens is 2.